The van der Waals surface area contributed by atoms with Crippen molar-refractivity contribution in [1.29, 1.82) is 0 Å². The van der Waals surface area contributed by atoms with Gasteiger partial charge in [-0.15, -0.1) is 0 Å². The van der Waals surface area contributed by atoms with E-state index in [1.165, 1.54) is 31.0 Å². The first-order valence-electron chi connectivity index (χ1n) is 7.57. The van der Waals surface area contributed by atoms with Gasteiger partial charge in [0.15, 0.2) is 6.61 Å². The van der Waals surface area contributed by atoms with Crippen molar-refractivity contribution in [3.05, 3.63) is 29.8 Å². The monoisotopic (exact) mass is 383 g/mol. The fourth-order valence-electron chi connectivity index (χ4n) is 1.96. The van der Waals surface area contributed by atoms with Gasteiger partial charge in [-0.3, -0.25) is 4.79 Å². The number of amides is 3. The number of nitrogens with one attached hydrogen (secondary N) is 2. The third-order valence-electron chi connectivity index (χ3n) is 3.16. The number of primary amides is 1. The number of para-hydroxylation sites is 1. The number of anilines is 1. The number of rotatable bonds is 9. The molecule has 0 bridgehead atoms. The molecule has 142 valence electrons. The molecule has 1 aromatic rings. The minimum Gasteiger partial charge on any atom is -0.465 e. The Kier molecular flexibility index (Phi) is 8.99. The molecule has 0 fully saturated rings. The summed E-state index contributed by atoms with van der Waals surface area (Å²) < 4.78 is 9.55. The molecular weight excluding hydrogens is 362 g/mol. The Balaban J connectivity index is 2.64. The third kappa shape index (κ3) is 7.01. The number of benzene rings is 1. The number of methoxy groups -OCH3 is 1. The average molecular weight is 383 g/mol. The summed E-state index contributed by atoms with van der Waals surface area (Å²) in [6, 6.07) is 4.46. The third-order valence-corrected chi connectivity index (χ3v) is 3.81. The number of carbonyl (C=O) groups is 4. The summed E-state index contributed by atoms with van der Waals surface area (Å²) in [4.78, 5) is 46.6. The number of thioether (sulfide) groups is 1. The van der Waals surface area contributed by atoms with Crippen LogP contribution in [0.25, 0.3) is 0 Å². The Morgan fingerprint density at radius 3 is 2.54 bits per heavy atom. The van der Waals surface area contributed by atoms with E-state index in [2.05, 4.69) is 15.4 Å². The summed E-state index contributed by atoms with van der Waals surface area (Å²) in [5, 5.41) is 4.75. The van der Waals surface area contributed by atoms with E-state index in [0.717, 1.165) is 0 Å². The summed E-state index contributed by atoms with van der Waals surface area (Å²) in [5.74, 6) is -1.43. The molecule has 0 aromatic heterocycles. The zero-order valence-corrected chi connectivity index (χ0v) is 15.3. The highest BCUT2D eigenvalue weighted by Gasteiger charge is 2.22. The molecule has 1 atom stereocenters. The molecule has 1 rings (SSSR count). The van der Waals surface area contributed by atoms with E-state index in [-0.39, 0.29) is 11.3 Å². The number of nitrogens with two attached hydrogens (primary N) is 1. The summed E-state index contributed by atoms with van der Waals surface area (Å²) >= 11 is 1.48. The molecule has 9 nitrogen and oxygen atoms in total. The molecule has 0 aliphatic carbocycles. The Bertz CT molecular complexity index is 667. The fourth-order valence-corrected chi connectivity index (χ4v) is 2.43. The number of carbonyl (C=O) groups excluding carboxylic acids is 4. The maximum atomic E-state index is 12.0. The van der Waals surface area contributed by atoms with Crippen LogP contribution in [0.1, 0.15) is 16.8 Å². The minimum absolute atomic E-state index is 0.169. The first kappa shape index (κ1) is 21.3. The van der Waals surface area contributed by atoms with Crippen LogP contribution >= 0.6 is 11.8 Å². The number of hydrogen-bond donors (Lipinski definition) is 3. The van der Waals surface area contributed by atoms with E-state index in [9.17, 15) is 19.2 Å². The molecular formula is C16H21N3O6S. The topological polar surface area (TPSA) is 137 Å². The van der Waals surface area contributed by atoms with Gasteiger partial charge >= 0.3 is 18.0 Å². The van der Waals surface area contributed by atoms with Gasteiger partial charge in [0.25, 0.3) is 5.91 Å². The number of ether oxygens (including phenoxy) is 2. The second-order valence-corrected chi connectivity index (χ2v) is 6.02. The van der Waals surface area contributed by atoms with Gasteiger partial charge in [0.1, 0.15) is 6.04 Å². The Morgan fingerprint density at radius 2 is 1.92 bits per heavy atom. The summed E-state index contributed by atoms with van der Waals surface area (Å²) in [7, 11) is 1.23. The van der Waals surface area contributed by atoms with Crippen LogP contribution in [0.5, 0.6) is 0 Å². The molecule has 3 amide bonds. The lowest BCUT2D eigenvalue weighted by atomic mass is 10.2. The van der Waals surface area contributed by atoms with E-state index in [4.69, 9.17) is 10.5 Å². The van der Waals surface area contributed by atoms with Crippen LogP contribution in [0.4, 0.5) is 10.5 Å². The average Bonchev–Trinajstić information content (AvgIpc) is 2.62. The predicted molar refractivity (Wildman–Crippen MR) is 96.9 cm³/mol. The lowest BCUT2D eigenvalue weighted by Gasteiger charge is -2.16. The van der Waals surface area contributed by atoms with Crippen molar-refractivity contribution in [2.45, 2.75) is 12.5 Å². The van der Waals surface area contributed by atoms with Gasteiger partial charge in [0, 0.05) is 0 Å². The van der Waals surface area contributed by atoms with Crippen LogP contribution in [0.15, 0.2) is 24.3 Å². The quantitative estimate of drug-likeness (QED) is 0.535. The molecule has 0 aliphatic rings. The maximum Gasteiger partial charge on any atom is 0.339 e. The Labute approximate surface area is 155 Å². The van der Waals surface area contributed by atoms with Crippen LogP contribution < -0.4 is 16.4 Å². The van der Waals surface area contributed by atoms with E-state index in [1.807, 2.05) is 6.26 Å². The van der Waals surface area contributed by atoms with Gasteiger partial charge in [-0.25, -0.2) is 14.4 Å². The Morgan fingerprint density at radius 1 is 1.23 bits per heavy atom. The van der Waals surface area contributed by atoms with Crippen molar-refractivity contribution < 1.29 is 28.7 Å². The van der Waals surface area contributed by atoms with E-state index in [1.54, 1.807) is 12.1 Å². The van der Waals surface area contributed by atoms with Gasteiger partial charge in [-0.1, -0.05) is 12.1 Å². The fraction of sp³-hybridized carbons (Fsp3) is 0.375. The molecule has 0 spiro atoms. The Hall–Kier alpha value is -2.75. The first-order chi connectivity index (χ1) is 12.4. The molecule has 4 N–H and O–H groups in total. The van der Waals surface area contributed by atoms with Gasteiger partial charge in [-0.2, -0.15) is 11.8 Å². The summed E-state index contributed by atoms with van der Waals surface area (Å²) in [6.07, 6.45) is 2.16. The van der Waals surface area contributed by atoms with Crippen molar-refractivity contribution in [3.8, 4) is 0 Å². The molecule has 0 radical (unpaired) electrons. The van der Waals surface area contributed by atoms with Crippen LogP contribution in [-0.4, -0.2) is 55.6 Å². The smallest absolute Gasteiger partial charge is 0.339 e. The molecule has 1 aromatic carbocycles. The molecule has 0 aliphatic heterocycles. The second-order valence-electron chi connectivity index (χ2n) is 5.04. The van der Waals surface area contributed by atoms with Gasteiger partial charge in [-0.05, 0) is 30.6 Å². The second kappa shape index (κ2) is 11.0. The summed E-state index contributed by atoms with van der Waals surface area (Å²) in [6.45, 7) is -0.579. The molecule has 26 heavy (non-hydrogen) atoms. The van der Waals surface area contributed by atoms with E-state index in [0.29, 0.717) is 12.2 Å². The molecule has 0 saturated heterocycles. The van der Waals surface area contributed by atoms with Crippen molar-refractivity contribution in [2.24, 2.45) is 5.73 Å². The number of urea groups is 1. The molecule has 0 saturated carbocycles. The SMILES string of the molecule is COC(=O)c1ccccc1NC(=O)COC(=O)[C@H](CCSC)NC(N)=O. The molecule has 0 heterocycles. The lowest BCUT2D eigenvalue weighted by Crippen LogP contribution is -2.45. The van der Waals surface area contributed by atoms with Crippen molar-refractivity contribution in [3.63, 3.8) is 0 Å². The number of esters is 2. The van der Waals surface area contributed by atoms with Crippen molar-refractivity contribution >= 4 is 41.3 Å². The standard InChI is InChI=1S/C16H21N3O6S/c1-24-14(21)10-5-3-4-6-11(10)18-13(20)9-25-15(22)12(7-8-26-2)19-16(17)23/h3-6,12H,7-9H2,1-2H3,(H,18,20)(H3,17,19,23)/t12-/m0/s1. The van der Waals surface area contributed by atoms with Crippen LogP contribution in [0.2, 0.25) is 0 Å². The highest BCUT2D eigenvalue weighted by molar-refractivity contribution is 7.98. The van der Waals surface area contributed by atoms with E-state index >= 15 is 0 Å². The predicted octanol–water partition coefficient (Wildman–Crippen LogP) is 0.745. The van der Waals surface area contributed by atoms with Gasteiger partial charge < -0.3 is 25.8 Å². The summed E-state index contributed by atoms with van der Waals surface area (Å²) in [5.41, 5.74) is 5.43. The minimum atomic E-state index is -0.935. The maximum absolute atomic E-state index is 12.0. The van der Waals surface area contributed by atoms with Crippen LogP contribution in [0, 0.1) is 0 Å². The number of hydrogen-bond acceptors (Lipinski definition) is 7. The molecule has 0 unspecified atom stereocenters. The normalized spacial score (nSPS) is 11.2. The lowest BCUT2D eigenvalue weighted by molar-refractivity contribution is -0.149. The van der Waals surface area contributed by atoms with Gasteiger partial charge in [0.2, 0.25) is 0 Å². The van der Waals surface area contributed by atoms with Crippen molar-refractivity contribution in [2.75, 3.05) is 31.0 Å². The zero-order chi connectivity index (χ0) is 19.5. The first-order valence-corrected chi connectivity index (χ1v) is 8.97. The highest BCUT2D eigenvalue weighted by atomic mass is 32.2. The molecule has 10 heteroatoms. The van der Waals surface area contributed by atoms with Crippen LogP contribution in [0.3, 0.4) is 0 Å². The van der Waals surface area contributed by atoms with E-state index < -0.39 is 36.5 Å². The highest BCUT2D eigenvalue weighted by Crippen LogP contribution is 2.15. The van der Waals surface area contributed by atoms with Crippen molar-refractivity contribution in [1.82, 2.24) is 5.32 Å². The largest absolute Gasteiger partial charge is 0.465 e. The van der Waals surface area contributed by atoms with Crippen LogP contribution in [-0.2, 0) is 19.1 Å². The zero-order valence-electron chi connectivity index (χ0n) is 14.4. The van der Waals surface area contributed by atoms with Gasteiger partial charge in [0.05, 0.1) is 18.4 Å².